The Balaban J connectivity index is 1.82. The van der Waals surface area contributed by atoms with E-state index in [0.717, 1.165) is 5.56 Å². The van der Waals surface area contributed by atoms with Crippen LogP contribution in [0.2, 0.25) is 5.02 Å². The van der Waals surface area contributed by atoms with E-state index < -0.39 is 10.0 Å². The Kier molecular flexibility index (Phi) is 8.31. The summed E-state index contributed by atoms with van der Waals surface area (Å²) < 4.78 is 33.6. The Morgan fingerprint density at radius 2 is 1.87 bits per heavy atom. The number of nitrogens with zero attached hydrogens (tertiary/aromatic N) is 2. The third-order valence-corrected chi connectivity index (χ3v) is 7.34. The topological polar surface area (TPSA) is 79.0 Å². The molecule has 31 heavy (non-hydrogen) atoms. The molecule has 1 aliphatic rings. The third kappa shape index (κ3) is 6.20. The van der Waals surface area contributed by atoms with Crippen LogP contribution in [0, 0.1) is 0 Å². The van der Waals surface area contributed by atoms with E-state index in [9.17, 15) is 13.2 Å². The standard InChI is InChI=1S/C22H28ClN3O4S/c1-30-20-10-9-19(23)16-21(20)31(28,29)26(13-5-8-18-6-3-2-4-7-18)17-22(27)25-14-11-24-12-15-25/h2-4,6-7,9-10,16,24H,5,8,11-15,17H2,1H3. The van der Waals surface area contributed by atoms with Gasteiger partial charge in [0.25, 0.3) is 0 Å². The highest BCUT2D eigenvalue weighted by molar-refractivity contribution is 7.89. The van der Waals surface area contributed by atoms with E-state index in [1.807, 2.05) is 30.3 Å². The number of hydrogen-bond donors (Lipinski definition) is 1. The molecule has 1 aliphatic heterocycles. The van der Waals surface area contributed by atoms with Crippen molar-refractivity contribution in [3.63, 3.8) is 0 Å². The minimum absolute atomic E-state index is 0.0321. The normalized spacial score (nSPS) is 14.6. The lowest BCUT2D eigenvalue weighted by atomic mass is 10.1. The van der Waals surface area contributed by atoms with Crippen molar-refractivity contribution in [1.82, 2.24) is 14.5 Å². The van der Waals surface area contributed by atoms with Gasteiger partial charge >= 0.3 is 0 Å². The molecule has 1 heterocycles. The van der Waals surface area contributed by atoms with Gasteiger partial charge in [-0.05, 0) is 36.6 Å². The van der Waals surface area contributed by atoms with Crippen LogP contribution in [0.1, 0.15) is 12.0 Å². The zero-order valence-corrected chi connectivity index (χ0v) is 19.2. The number of nitrogens with one attached hydrogen (secondary N) is 1. The first kappa shape index (κ1) is 23.5. The number of halogens is 1. The molecule has 1 N–H and O–H groups in total. The van der Waals surface area contributed by atoms with E-state index in [4.69, 9.17) is 16.3 Å². The third-order valence-electron chi connectivity index (χ3n) is 5.24. The number of carbonyl (C=O) groups excluding carboxylic acids is 1. The van der Waals surface area contributed by atoms with Gasteiger partial charge in [0.05, 0.1) is 13.7 Å². The molecule has 0 aliphatic carbocycles. The SMILES string of the molecule is COc1ccc(Cl)cc1S(=O)(=O)N(CCCc1ccccc1)CC(=O)N1CCNCC1. The first-order chi connectivity index (χ1) is 14.9. The number of amides is 1. The van der Waals surface area contributed by atoms with E-state index in [2.05, 4.69) is 5.32 Å². The maximum Gasteiger partial charge on any atom is 0.247 e. The molecule has 0 aromatic heterocycles. The monoisotopic (exact) mass is 465 g/mol. The van der Waals surface area contributed by atoms with Gasteiger partial charge < -0.3 is 15.0 Å². The lowest BCUT2D eigenvalue weighted by Gasteiger charge is -2.30. The fraction of sp³-hybridized carbons (Fsp3) is 0.409. The van der Waals surface area contributed by atoms with Gasteiger partial charge in [-0.3, -0.25) is 4.79 Å². The van der Waals surface area contributed by atoms with Crippen LogP contribution in [0.5, 0.6) is 5.75 Å². The first-order valence-corrected chi connectivity index (χ1v) is 12.1. The van der Waals surface area contributed by atoms with Crippen molar-refractivity contribution >= 4 is 27.5 Å². The van der Waals surface area contributed by atoms with Crippen molar-refractivity contribution in [1.29, 1.82) is 0 Å². The molecule has 0 atom stereocenters. The summed E-state index contributed by atoms with van der Waals surface area (Å²) in [6.45, 7) is 2.54. The van der Waals surface area contributed by atoms with E-state index in [1.54, 1.807) is 11.0 Å². The number of piperazine rings is 1. The highest BCUT2D eigenvalue weighted by atomic mass is 35.5. The van der Waals surface area contributed by atoms with Gasteiger partial charge in [-0.2, -0.15) is 4.31 Å². The van der Waals surface area contributed by atoms with E-state index in [1.165, 1.54) is 23.5 Å². The highest BCUT2D eigenvalue weighted by Gasteiger charge is 2.31. The Morgan fingerprint density at radius 1 is 1.16 bits per heavy atom. The van der Waals surface area contributed by atoms with Crippen LogP contribution in [0.25, 0.3) is 0 Å². The largest absolute Gasteiger partial charge is 0.495 e. The summed E-state index contributed by atoms with van der Waals surface area (Å²) in [5, 5.41) is 3.48. The van der Waals surface area contributed by atoms with Crippen molar-refractivity contribution in [2.24, 2.45) is 0 Å². The molecule has 2 aromatic carbocycles. The second-order valence-corrected chi connectivity index (χ2v) is 9.70. The van der Waals surface area contributed by atoms with E-state index in [0.29, 0.717) is 39.0 Å². The van der Waals surface area contributed by atoms with Gasteiger partial charge in [0.2, 0.25) is 15.9 Å². The van der Waals surface area contributed by atoms with Crippen molar-refractivity contribution in [3.8, 4) is 5.75 Å². The number of carbonyl (C=O) groups is 1. The van der Waals surface area contributed by atoms with Gasteiger partial charge in [-0.1, -0.05) is 41.9 Å². The van der Waals surface area contributed by atoms with Gasteiger partial charge in [0.15, 0.2) is 0 Å². The first-order valence-electron chi connectivity index (χ1n) is 10.3. The van der Waals surface area contributed by atoms with Crippen molar-refractivity contribution in [2.45, 2.75) is 17.7 Å². The fourth-order valence-corrected chi connectivity index (χ4v) is 5.39. The minimum atomic E-state index is -3.99. The number of hydrogen-bond acceptors (Lipinski definition) is 5. The average molecular weight is 466 g/mol. The van der Waals surface area contributed by atoms with Crippen molar-refractivity contribution in [3.05, 3.63) is 59.1 Å². The molecule has 1 fully saturated rings. The van der Waals surface area contributed by atoms with E-state index in [-0.39, 0.29) is 34.7 Å². The predicted molar refractivity (Wildman–Crippen MR) is 121 cm³/mol. The van der Waals surface area contributed by atoms with Crippen LogP contribution in [0.3, 0.4) is 0 Å². The quantitative estimate of drug-likeness (QED) is 0.615. The second-order valence-electron chi connectivity index (χ2n) is 7.35. The Labute approximate surface area is 189 Å². The molecule has 7 nitrogen and oxygen atoms in total. The molecule has 9 heteroatoms. The molecule has 1 amide bonds. The van der Waals surface area contributed by atoms with E-state index >= 15 is 0 Å². The average Bonchev–Trinajstić information content (AvgIpc) is 2.79. The Bertz CT molecular complexity index is 980. The summed E-state index contributed by atoms with van der Waals surface area (Å²) in [5.41, 5.74) is 1.12. The second kappa shape index (κ2) is 10.9. The number of ether oxygens (including phenoxy) is 1. The van der Waals surface area contributed by atoms with Crippen LogP contribution >= 0.6 is 11.6 Å². The molecule has 0 bridgehead atoms. The summed E-state index contributed by atoms with van der Waals surface area (Å²) in [6.07, 6.45) is 1.29. The molecule has 2 aromatic rings. The molecular formula is C22H28ClN3O4S. The van der Waals surface area contributed by atoms with Crippen LogP contribution in [-0.4, -0.2) is 69.9 Å². The zero-order chi connectivity index (χ0) is 22.3. The van der Waals surface area contributed by atoms with Gasteiger partial charge in [-0.25, -0.2) is 8.42 Å². The molecule has 0 saturated carbocycles. The summed E-state index contributed by atoms with van der Waals surface area (Å²) in [5.74, 6) is -0.00198. The maximum atomic E-state index is 13.5. The molecule has 0 spiro atoms. The van der Waals surface area contributed by atoms with Crippen LogP contribution in [-0.2, 0) is 21.2 Å². The van der Waals surface area contributed by atoms with Crippen LogP contribution in [0.4, 0.5) is 0 Å². The molecule has 168 valence electrons. The summed E-state index contributed by atoms with van der Waals surface area (Å²) in [7, 11) is -2.58. The van der Waals surface area contributed by atoms with Crippen molar-refractivity contribution in [2.75, 3.05) is 46.4 Å². The highest BCUT2D eigenvalue weighted by Crippen LogP contribution is 2.30. The number of aryl methyl sites for hydroxylation is 1. The Morgan fingerprint density at radius 3 is 2.55 bits per heavy atom. The number of sulfonamides is 1. The smallest absolute Gasteiger partial charge is 0.247 e. The lowest BCUT2D eigenvalue weighted by Crippen LogP contribution is -2.50. The number of rotatable bonds is 9. The van der Waals surface area contributed by atoms with Gasteiger partial charge in [-0.15, -0.1) is 0 Å². The summed E-state index contributed by atoms with van der Waals surface area (Å²) >= 11 is 6.08. The predicted octanol–water partition coefficient (Wildman–Crippen LogP) is 2.40. The number of benzene rings is 2. The Hall–Kier alpha value is -2.13. The van der Waals surface area contributed by atoms with Crippen LogP contribution < -0.4 is 10.1 Å². The lowest BCUT2D eigenvalue weighted by molar-refractivity contribution is -0.131. The van der Waals surface area contributed by atoms with Crippen molar-refractivity contribution < 1.29 is 17.9 Å². The summed E-state index contributed by atoms with van der Waals surface area (Å²) in [4.78, 5) is 14.5. The molecule has 3 rings (SSSR count). The molecule has 0 unspecified atom stereocenters. The zero-order valence-electron chi connectivity index (χ0n) is 17.6. The fourth-order valence-electron chi connectivity index (χ4n) is 3.54. The molecular weight excluding hydrogens is 438 g/mol. The van der Waals surface area contributed by atoms with Gasteiger partial charge in [0, 0.05) is 37.7 Å². The van der Waals surface area contributed by atoms with Gasteiger partial charge in [0.1, 0.15) is 10.6 Å². The maximum absolute atomic E-state index is 13.5. The van der Waals surface area contributed by atoms with Crippen LogP contribution in [0.15, 0.2) is 53.4 Å². The number of methoxy groups -OCH3 is 1. The molecule has 0 radical (unpaired) electrons. The summed E-state index contributed by atoms with van der Waals surface area (Å²) in [6, 6.07) is 14.3. The minimum Gasteiger partial charge on any atom is -0.495 e. The molecule has 1 saturated heterocycles.